The molecule has 0 fully saturated rings. The van der Waals surface area contributed by atoms with Gasteiger partial charge in [0.25, 0.3) is 0 Å². The molecule has 0 nitrogen and oxygen atoms in total. The summed E-state index contributed by atoms with van der Waals surface area (Å²) in [6.45, 7) is 12.6. The van der Waals surface area contributed by atoms with E-state index in [9.17, 15) is 0 Å². The van der Waals surface area contributed by atoms with Crippen molar-refractivity contribution in [3.8, 4) is 0 Å². The topological polar surface area (TPSA) is 0 Å². The summed E-state index contributed by atoms with van der Waals surface area (Å²) < 4.78 is 0. The second-order valence-corrected chi connectivity index (χ2v) is 5.10. The van der Waals surface area contributed by atoms with Gasteiger partial charge in [0, 0.05) is 0 Å². The molecule has 0 rings (SSSR count). The standard InChI is InChI=1S/C16H28/c1-6-9-15(4)12-8-13-16(5)11-7-10-14(2)3/h6,9-10,16H,1,7-8,11-13H2,2-5H3. The average Bonchev–Trinajstić information content (AvgIpc) is 2.17. The molecule has 0 N–H and O–H groups in total. The second kappa shape index (κ2) is 9.45. The maximum Gasteiger partial charge on any atom is -0.0320 e. The highest BCUT2D eigenvalue weighted by Crippen LogP contribution is 2.17. The van der Waals surface area contributed by atoms with Crippen molar-refractivity contribution in [2.75, 3.05) is 0 Å². The molecule has 0 aliphatic rings. The predicted octanol–water partition coefficient (Wildman–Crippen LogP) is 5.67. The SMILES string of the molecule is C=CC=C(C)CCCC(C)CCC=C(C)C. The van der Waals surface area contributed by atoms with Crippen LogP contribution in [0.15, 0.2) is 36.0 Å². The first kappa shape index (κ1) is 15.2. The zero-order valence-corrected chi connectivity index (χ0v) is 11.6. The highest BCUT2D eigenvalue weighted by Gasteiger charge is 2.00. The Morgan fingerprint density at radius 3 is 2.44 bits per heavy atom. The van der Waals surface area contributed by atoms with Gasteiger partial charge in [-0.2, -0.15) is 0 Å². The lowest BCUT2D eigenvalue weighted by atomic mass is 9.97. The van der Waals surface area contributed by atoms with Crippen LogP contribution >= 0.6 is 0 Å². The fourth-order valence-electron chi connectivity index (χ4n) is 1.81. The van der Waals surface area contributed by atoms with E-state index in [1.165, 1.54) is 43.3 Å². The normalized spacial score (nSPS) is 13.4. The molecule has 1 unspecified atom stereocenters. The molecule has 0 saturated carbocycles. The van der Waals surface area contributed by atoms with Crippen LogP contribution in [0.5, 0.6) is 0 Å². The van der Waals surface area contributed by atoms with Crippen molar-refractivity contribution < 1.29 is 0 Å². The van der Waals surface area contributed by atoms with Crippen LogP contribution in [-0.2, 0) is 0 Å². The summed E-state index contributed by atoms with van der Waals surface area (Å²) >= 11 is 0. The van der Waals surface area contributed by atoms with E-state index in [1.807, 2.05) is 6.08 Å². The number of hydrogen-bond donors (Lipinski definition) is 0. The van der Waals surface area contributed by atoms with E-state index in [-0.39, 0.29) is 0 Å². The number of rotatable bonds is 8. The van der Waals surface area contributed by atoms with Gasteiger partial charge in [0.2, 0.25) is 0 Å². The highest BCUT2D eigenvalue weighted by molar-refractivity contribution is 5.07. The van der Waals surface area contributed by atoms with Crippen LogP contribution in [0.2, 0.25) is 0 Å². The zero-order chi connectivity index (χ0) is 12.4. The average molecular weight is 220 g/mol. The van der Waals surface area contributed by atoms with E-state index in [4.69, 9.17) is 0 Å². The Hall–Kier alpha value is -0.780. The second-order valence-electron chi connectivity index (χ2n) is 5.10. The minimum absolute atomic E-state index is 0.854. The molecule has 92 valence electrons. The van der Waals surface area contributed by atoms with E-state index < -0.39 is 0 Å². The van der Waals surface area contributed by atoms with Crippen LogP contribution < -0.4 is 0 Å². The molecule has 0 aliphatic carbocycles. The van der Waals surface area contributed by atoms with Crippen LogP contribution in [0, 0.1) is 5.92 Å². The summed E-state index contributed by atoms with van der Waals surface area (Å²) in [7, 11) is 0. The Bertz CT molecular complexity index is 239. The quantitative estimate of drug-likeness (QED) is 0.365. The maximum atomic E-state index is 3.72. The fourth-order valence-corrected chi connectivity index (χ4v) is 1.81. The van der Waals surface area contributed by atoms with Crippen molar-refractivity contribution in [3.63, 3.8) is 0 Å². The van der Waals surface area contributed by atoms with E-state index in [0.717, 1.165) is 5.92 Å². The molecular formula is C16H28. The van der Waals surface area contributed by atoms with Gasteiger partial charge >= 0.3 is 0 Å². The molecule has 0 radical (unpaired) electrons. The number of allylic oxidation sites excluding steroid dienone is 5. The molecule has 0 amide bonds. The van der Waals surface area contributed by atoms with Gasteiger partial charge in [0.15, 0.2) is 0 Å². The largest absolute Gasteiger partial charge is 0.0991 e. The van der Waals surface area contributed by atoms with Crippen LogP contribution in [0.1, 0.15) is 59.8 Å². The lowest BCUT2D eigenvalue weighted by Gasteiger charge is -2.09. The van der Waals surface area contributed by atoms with Crippen molar-refractivity contribution in [1.29, 1.82) is 0 Å². The minimum Gasteiger partial charge on any atom is -0.0991 e. The molecule has 0 bridgehead atoms. The molecule has 0 spiro atoms. The summed E-state index contributed by atoms with van der Waals surface area (Å²) in [5.74, 6) is 0.854. The molecule has 0 saturated heterocycles. The number of hydrogen-bond acceptors (Lipinski definition) is 0. The third-order valence-corrected chi connectivity index (χ3v) is 2.88. The molecular weight excluding hydrogens is 192 g/mol. The molecule has 0 aromatic carbocycles. The highest BCUT2D eigenvalue weighted by atomic mass is 14.1. The first-order valence-corrected chi connectivity index (χ1v) is 6.47. The van der Waals surface area contributed by atoms with Crippen molar-refractivity contribution in [2.45, 2.75) is 59.8 Å². The van der Waals surface area contributed by atoms with Crippen molar-refractivity contribution in [2.24, 2.45) is 5.92 Å². The van der Waals surface area contributed by atoms with Crippen LogP contribution in [0.4, 0.5) is 0 Å². The Balaban J connectivity index is 3.58. The van der Waals surface area contributed by atoms with E-state index in [2.05, 4.69) is 46.4 Å². The molecule has 0 aromatic rings. The van der Waals surface area contributed by atoms with Gasteiger partial charge in [-0.1, -0.05) is 49.3 Å². The van der Waals surface area contributed by atoms with Gasteiger partial charge in [0.05, 0.1) is 0 Å². The summed E-state index contributed by atoms with van der Waals surface area (Å²) in [6.07, 6.45) is 12.8. The van der Waals surface area contributed by atoms with Gasteiger partial charge in [-0.3, -0.25) is 0 Å². The minimum atomic E-state index is 0.854. The fraction of sp³-hybridized carbons (Fsp3) is 0.625. The first-order valence-electron chi connectivity index (χ1n) is 6.47. The van der Waals surface area contributed by atoms with Gasteiger partial charge in [0.1, 0.15) is 0 Å². The summed E-state index contributed by atoms with van der Waals surface area (Å²) in [4.78, 5) is 0. The van der Waals surface area contributed by atoms with Crippen molar-refractivity contribution >= 4 is 0 Å². The first-order chi connectivity index (χ1) is 7.56. The van der Waals surface area contributed by atoms with Gasteiger partial charge in [-0.15, -0.1) is 0 Å². The van der Waals surface area contributed by atoms with Gasteiger partial charge < -0.3 is 0 Å². The Labute approximate surface area is 102 Å². The Morgan fingerprint density at radius 2 is 1.88 bits per heavy atom. The molecule has 0 aromatic heterocycles. The van der Waals surface area contributed by atoms with Crippen LogP contribution in [-0.4, -0.2) is 0 Å². The zero-order valence-electron chi connectivity index (χ0n) is 11.6. The summed E-state index contributed by atoms with van der Waals surface area (Å²) in [6, 6.07) is 0. The summed E-state index contributed by atoms with van der Waals surface area (Å²) in [5.41, 5.74) is 2.89. The van der Waals surface area contributed by atoms with Crippen LogP contribution in [0.25, 0.3) is 0 Å². The van der Waals surface area contributed by atoms with Gasteiger partial charge in [-0.25, -0.2) is 0 Å². The van der Waals surface area contributed by atoms with Crippen LogP contribution in [0.3, 0.4) is 0 Å². The van der Waals surface area contributed by atoms with E-state index in [1.54, 1.807) is 0 Å². The molecule has 0 heterocycles. The van der Waals surface area contributed by atoms with Gasteiger partial charge in [-0.05, 0) is 52.4 Å². The molecule has 0 heteroatoms. The van der Waals surface area contributed by atoms with Crippen molar-refractivity contribution in [1.82, 2.24) is 0 Å². The maximum absolute atomic E-state index is 3.72. The van der Waals surface area contributed by atoms with Crippen molar-refractivity contribution in [3.05, 3.63) is 36.0 Å². The molecule has 1 atom stereocenters. The Morgan fingerprint density at radius 1 is 1.19 bits per heavy atom. The summed E-state index contributed by atoms with van der Waals surface area (Å²) in [5, 5.41) is 0. The lowest BCUT2D eigenvalue weighted by molar-refractivity contribution is 0.478. The Kier molecular flexibility index (Phi) is 8.99. The van der Waals surface area contributed by atoms with E-state index in [0.29, 0.717) is 0 Å². The monoisotopic (exact) mass is 220 g/mol. The third kappa shape index (κ3) is 9.76. The predicted molar refractivity (Wildman–Crippen MR) is 75.6 cm³/mol. The third-order valence-electron chi connectivity index (χ3n) is 2.88. The lowest BCUT2D eigenvalue weighted by Crippen LogP contribution is -1.94. The van der Waals surface area contributed by atoms with E-state index >= 15 is 0 Å². The smallest absolute Gasteiger partial charge is 0.0320 e. The molecule has 0 aliphatic heterocycles. The molecule has 16 heavy (non-hydrogen) atoms.